The lowest BCUT2D eigenvalue weighted by Gasteiger charge is -2.37. The zero-order chi connectivity index (χ0) is 29.5. The Morgan fingerprint density at radius 2 is 1.64 bits per heavy atom. The average Bonchev–Trinajstić information content (AvgIpc) is 3.55. The van der Waals surface area contributed by atoms with Gasteiger partial charge in [0.2, 0.25) is 5.95 Å². The molecular formula is C33H32FN5O3. The molecule has 5 aromatic rings. The van der Waals surface area contributed by atoms with Gasteiger partial charge in [-0.2, -0.15) is 4.98 Å². The number of hydrogen-bond donors (Lipinski definition) is 2. The normalized spacial score (nSPS) is 22.2. The molecule has 1 saturated heterocycles. The van der Waals surface area contributed by atoms with E-state index in [2.05, 4.69) is 21.9 Å². The highest BCUT2D eigenvalue weighted by molar-refractivity contribution is 5.71. The summed E-state index contributed by atoms with van der Waals surface area (Å²) in [6.07, 6.45) is 0.625. The third-order valence-corrected chi connectivity index (χ3v) is 8.38. The molecule has 9 heteroatoms. The summed E-state index contributed by atoms with van der Waals surface area (Å²) in [5, 5.41) is 3.57. The van der Waals surface area contributed by atoms with Gasteiger partial charge in [-0.05, 0) is 35.7 Å². The zero-order valence-corrected chi connectivity index (χ0v) is 23.6. The first-order valence-electron chi connectivity index (χ1n) is 13.8. The molecule has 0 bridgehead atoms. The molecule has 1 fully saturated rings. The molecule has 6 rings (SSSR count). The molecular weight excluding hydrogens is 533 g/mol. The number of rotatable bonds is 8. The fourth-order valence-electron chi connectivity index (χ4n) is 5.72. The lowest BCUT2D eigenvalue weighted by Crippen LogP contribution is -2.39. The molecule has 0 saturated carbocycles. The molecule has 42 heavy (non-hydrogen) atoms. The van der Waals surface area contributed by atoms with Crippen molar-refractivity contribution in [2.45, 2.75) is 37.4 Å². The first kappa shape index (κ1) is 27.4. The minimum absolute atomic E-state index is 0.0886. The molecule has 2 N–H and O–H groups in total. The van der Waals surface area contributed by atoms with E-state index < -0.39 is 35.0 Å². The van der Waals surface area contributed by atoms with Gasteiger partial charge in [0.15, 0.2) is 23.6 Å². The van der Waals surface area contributed by atoms with Gasteiger partial charge in [0, 0.05) is 5.92 Å². The number of nitrogens with zero attached hydrogens (tertiary/aromatic N) is 3. The zero-order valence-electron chi connectivity index (χ0n) is 23.6. The van der Waals surface area contributed by atoms with Crippen LogP contribution < -0.4 is 15.6 Å². The van der Waals surface area contributed by atoms with E-state index in [1.807, 2.05) is 84.9 Å². The number of alkyl halides is 1. The molecule has 2 aromatic heterocycles. The van der Waals surface area contributed by atoms with Gasteiger partial charge in [-0.25, -0.2) is 9.37 Å². The summed E-state index contributed by atoms with van der Waals surface area (Å²) < 4.78 is 28.6. The molecule has 0 amide bonds. The Hall–Kier alpha value is -4.76. The first-order chi connectivity index (χ1) is 20.3. The average molecular weight is 566 g/mol. The minimum atomic E-state index is -1.37. The third-order valence-electron chi connectivity index (χ3n) is 8.38. The number of benzene rings is 3. The smallest absolute Gasteiger partial charge is 0.280 e. The summed E-state index contributed by atoms with van der Waals surface area (Å²) in [4.78, 5) is 25.3. The topological polar surface area (TPSA) is 94.1 Å². The minimum Gasteiger partial charge on any atom is -0.497 e. The molecule has 1 aliphatic heterocycles. The Bertz CT molecular complexity index is 1730. The van der Waals surface area contributed by atoms with E-state index in [9.17, 15) is 4.79 Å². The third kappa shape index (κ3) is 4.37. The molecule has 4 atom stereocenters. The summed E-state index contributed by atoms with van der Waals surface area (Å²) in [5.74, 6) is 0.436. The Morgan fingerprint density at radius 1 is 1.05 bits per heavy atom. The number of anilines is 1. The monoisotopic (exact) mass is 565 g/mol. The van der Waals surface area contributed by atoms with E-state index >= 15 is 4.39 Å². The standard InChI is InChI=1S/C33H32FN5O3/c1-5-32(3)21(2)26(34)30(42-32)39-20-35-27-28(39)36-31(37-29(27)40)38-33(22-12-8-6-9-13-22,23-14-10-7-11-15-23)24-16-18-25(41-4)19-17-24/h5-21,26,30H,1H2,2-4H3,(H2,36,37,38,40)/t21-,26+,30+,32-/m0/s1. The number of H-pyrrole nitrogens is 1. The number of nitrogens with one attached hydrogen (secondary N) is 2. The van der Waals surface area contributed by atoms with Crippen LogP contribution in [0.25, 0.3) is 11.2 Å². The quantitative estimate of drug-likeness (QED) is 0.178. The van der Waals surface area contributed by atoms with Crippen molar-refractivity contribution < 1.29 is 13.9 Å². The van der Waals surface area contributed by atoms with Crippen LogP contribution in [0, 0.1) is 5.92 Å². The molecule has 1 aliphatic rings. The van der Waals surface area contributed by atoms with Crippen LogP contribution in [-0.4, -0.2) is 38.4 Å². The van der Waals surface area contributed by atoms with Crippen LogP contribution in [0.3, 0.4) is 0 Å². The first-order valence-corrected chi connectivity index (χ1v) is 13.8. The number of imidazole rings is 1. The maximum absolute atomic E-state index is 15.6. The number of hydrogen-bond acceptors (Lipinski definition) is 6. The maximum atomic E-state index is 15.6. The summed E-state index contributed by atoms with van der Waals surface area (Å²) >= 11 is 0. The van der Waals surface area contributed by atoms with E-state index in [0.717, 1.165) is 16.7 Å². The number of aromatic amines is 1. The summed E-state index contributed by atoms with van der Waals surface area (Å²) in [6.45, 7) is 7.42. The summed E-state index contributed by atoms with van der Waals surface area (Å²) in [6, 6.07) is 27.5. The van der Waals surface area contributed by atoms with Crippen LogP contribution in [0.5, 0.6) is 5.75 Å². The number of ether oxygens (including phenoxy) is 2. The van der Waals surface area contributed by atoms with Gasteiger partial charge in [0.1, 0.15) is 11.3 Å². The van der Waals surface area contributed by atoms with Gasteiger partial charge in [-0.15, -0.1) is 6.58 Å². The lowest BCUT2D eigenvalue weighted by molar-refractivity contribution is -0.0487. The number of aromatic nitrogens is 4. The van der Waals surface area contributed by atoms with Crippen molar-refractivity contribution in [2.75, 3.05) is 12.4 Å². The molecule has 3 aromatic carbocycles. The van der Waals surface area contributed by atoms with Crippen molar-refractivity contribution in [2.24, 2.45) is 5.92 Å². The van der Waals surface area contributed by atoms with Crippen LogP contribution in [0.1, 0.15) is 36.8 Å². The molecule has 0 aliphatic carbocycles. The Kier molecular flexibility index (Phi) is 6.90. The Labute approximate surface area is 242 Å². The number of methoxy groups -OCH3 is 1. The van der Waals surface area contributed by atoms with E-state index in [4.69, 9.17) is 14.5 Å². The van der Waals surface area contributed by atoms with Crippen LogP contribution in [-0.2, 0) is 10.3 Å². The van der Waals surface area contributed by atoms with Crippen molar-refractivity contribution in [3.05, 3.63) is 131 Å². The van der Waals surface area contributed by atoms with Crippen LogP contribution in [0.15, 0.2) is 109 Å². The molecule has 3 heterocycles. The van der Waals surface area contributed by atoms with Crippen molar-refractivity contribution in [3.63, 3.8) is 0 Å². The second-order valence-corrected chi connectivity index (χ2v) is 10.7. The van der Waals surface area contributed by atoms with Crippen LogP contribution in [0.4, 0.5) is 10.3 Å². The molecule has 0 radical (unpaired) electrons. The van der Waals surface area contributed by atoms with Gasteiger partial charge in [0.25, 0.3) is 5.56 Å². The Balaban J connectivity index is 1.54. The predicted molar refractivity (Wildman–Crippen MR) is 160 cm³/mol. The van der Waals surface area contributed by atoms with Gasteiger partial charge >= 0.3 is 0 Å². The summed E-state index contributed by atoms with van der Waals surface area (Å²) in [7, 11) is 1.62. The van der Waals surface area contributed by atoms with Gasteiger partial charge in [0.05, 0.1) is 19.0 Å². The van der Waals surface area contributed by atoms with Crippen molar-refractivity contribution in [3.8, 4) is 5.75 Å². The highest BCUT2D eigenvalue weighted by Crippen LogP contribution is 2.45. The largest absolute Gasteiger partial charge is 0.497 e. The second kappa shape index (κ2) is 10.6. The summed E-state index contributed by atoms with van der Waals surface area (Å²) in [5.41, 5.74) is 0.685. The van der Waals surface area contributed by atoms with Crippen molar-refractivity contribution in [1.82, 2.24) is 19.5 Å². The molecule has 0 unspecified atom stereocenters. The molecule has 0 spiro atoms. The van der Waals surface area contributed by atoms with Gasteiger partial charge < -0.3 is 14.8 Å². The second-order valence-electron chi connectivity index (χ2n) is 10.7. The van der Waals surface area contributed by atoms with Gasteiger partial charge in [-0.3, -0.25) is 14.3 Å². The fourth-order valence-corrected chi connectivity index (χ4v) is 5.72. The van der Waals surface area contributed by atoms with Crippen molar-refractivity contribution >= 4 is 17.1 Å². The fraction of sp³-hybridized carbons (Fsp3) is 0.242. The van der Waals surface area contributed by atoms with Crippen LogP contribution >= 0.6 is 0 Å². The van der Waals surface area contributed by atoms with Gasteiger partial charge in [-0.1, -0.05) is 85.8 Å². The van der Waals surface area contributed by atoms with E-state index in [-0.39, 0.29) is 17.1 Å². The number of halogens is 1. The Morgan fingerprint density at radius 3 is 2.19 bits per heavy atom. The highest BCUT2D eigenvalue weighted by Gasteiger charge is 2.50. The van der Waals surface area contributed by atoms with Crippen LogP contribution in [0.2, 0.25) is 0 Å². The van der Waals surface area contributed by atoms with E-state index in [1.54, 1.807) is 27.0 Å². The van der Waals surface area contributed by atoms with Crippen molar-refractivity contribution in [1.29, 1.82) is 0 Å². The molecule has 8 nitrogen and oxygen atoms in total. The lowest BCUT2D eigenvalue weighted by atomic mass is 9.77. The van der Waals surface area contributed by atoms with E-state index in [1.165, 1.54) is 10.9 Å². The van der Waals surface area contributed by atoms with E-state index in [0.29, 0.717) is 5.75 Å². The number of fused-ring (bicyclic) bond motifs is 1. The SMILES string of the molecule is C=C[C@]1(C)O[C@@H](n2cnc3c(=O)[nH]c(NC(c4ccccc4)(c4ccccc4)c4ccc(OC)cc4)nc32)[C@H](F)[C@@H]1C. The molecule has 214 valence electrons. The highest BCUT2D eigenvalue weighted by atomic mass is 19.1. The maximum Gasteiger partial charge on any atom is 0.280 e. The predicted octanol–water partition coefficient (Wildman–Crippen LogP) is 5.98.